The van der Waals surface area contributed by atoms with Gasteiger partial charge in [-0.05, 0) is 64.7 Å². The van der Waals surface area contributed by atoms with Gasteiger partial charge in [-0.1, -0.05) is 18.9 Å². The number of carbonyl (C=O) groups excluding carboxylic acids is 1. The first kappa shape index (κ1) is 15.9. The van der Waals surface area contributed by atoms with Crippen molar-refractivity contribution in [2.45, 2.75) is 44.9 Å². The smallest absolute Gasteiger partial charge is 0.222 e. The van der Waals surface area contributed by atoms with Crippen molar-refractivity contribution in [2.75, 3.05) is 20.2 Å². The van der Waals surface area contributed by atoms with Crippen LogP contribution in [0.3, 0.4) is 0 Å². The number of ether oxygens (including phenoxy) is 1. The quantitative estimate of drug-likeness (QED) is 0.800. The average molecular weight is 366 g/mol. The molecule has 0 unspecified atom stereocenters. The second-order valence-electron chi connectivity index (χ2n) is 6.74. The molecule has 1 aromatic carbocycles. The fraction of sp³-hybridized carbons (Fsp3) is 0.611. The average Bonchev–Trinajstić information content (AvgIpc) is 3.15. The topological polar surface area (TPSA) is 29.5 Å². The number of nitrogens with zero attached hydrogens (tertiary/aromatic N) is 1. The van der Waals surface area contributed by atoms with Crippen LogP contribution in [-0.2, 0) is 11.2 Å². The number of hydrogen-bond acceptors (Lipinski definition) is 2. The lowest BCUT2D eigenvalue weighted by atomic mass is 9.86. The van der Waals surface area contributed by atoms with Crippen LogP contribution in [0.25, 0.3) is 0 Å². The minimum Gasteiger partial charge on any atom is -0.496 e. The van der Waals surface area contributed by atoms with E-state index in [9.17, 15) is 4.79 Å². The summed E-state index contributed by atoms with van der Waals surface area (Å²) < 4.78 is 6.19. The van der Waals surface area contributed by atoms with E-state index in [0.29, 0.717) is 17.7 Å². The van der Waals surface area contributed by atoms with Gasteiger partial charge in [0.15, 0.2) is 0 Å². The van der Waals surface area contributed by atoms with Crippen molar-refractivity contribution in [2.24, 2.45) is 5.41 Å². The molecule has 1 saturated heterocycles. The van der Waals surface area contributed by atoms with Crippen molar-refractivity contribution in [1.29, 1.82) is 0 Å². The Morgan fingerprint density at radius 3 is 2.77 bits per heavy atom. The third kappa shape index (κ3) is 3.32. The Kier molecular flexibility index (Phi) is 4.76. The monoisotopic (exact) mass is 365 g/mol. The van der Waals surface area contributed by atoms with Crippen molar-refractivity contribution in [3.63, 3.8) is 0 Å². The van der Waals surface area contributed by atoms with E-state index in [2.05, 4.69) is 26.9 Å². The van der Waals surface area contributed by atoms with Crippen LogP contribution in [0.2, 0.25) is 0 Å². The summed E-state index contributed by atoms with van der Waals surface area (Å²) in [5.74, 6) is 1.15. The summed E-state index contributed by atoms with van der Waals surface area (Å²) in [6.45, 7) is 1.96. The predicted molar refractivity (Wildman–Crippen MR) is 91.1 cm³/mol. The molecule has 1 heterocycles. The second-order valence-corrected chi connectivity index (χ2v) is 7.60. The highest BCUT2D eigenvalue weighted by atomic mass is 79.9. The molecule has 1 aliphatic heterocycles. The molecule has 1 spiro atoms. The standard InChI is InChI=1S/C18H24BrNO2/c1-22-16-6-4-14(12-15(16)19)5-7-17(21)20-11-10-18(13-20)8-2-3-9-18/h4,6,12H,2-3,5,7-11,13H2,1H3. The minimum atomic E-state index is 0.315. The normalized spacial score (nSPS) is 19.8. The Morgan fingerprint density at radius 2 is 2.09 bits per heavy atom. The second kappa shape index (κ2) is 6.61. The summed E-state index contributed by atoms with van der Waals surface area (Å²) in [4.78, 5) is 14.6. The van der Waals surface area contributed by atoms with E-state index in [1.54, 1.807) is 7.11 Å². The summed E-state index contributed by atoms with van der Waals surface area (Å²) in [5.41, 5.74) is 1.65. The van der Waals surface area contributed by atoms with Crippen LogP contribution in [0.5, 0.6) is 5.75 Å². The number of rotatable bonds is 4. The van der Waals surface area contributed by atoms with Gasteiger partial charge in [0, 0.05) is 19.5 Å². The lowest BCUT2D eigenvalue weighted by Gasteiger charge is -2.23. The molecule has 1 aromatic rings. The molecule has 2 fully saturated rings. The first-order valence-corrected chi connectivity index (χ1v) is 9.01. The van der Waals surface area contributed by atoms with Crippen molar-refractivity contribution in [3.8, 4) is 5.75 Å². The van der Waals surface area contributed by atoms with Gasteiger partial charge in [0.25, 0.3) is 0 Å². The molecule has 0 aromatic heterocycles. The van der Waals surface area contributed by atoms with Crippen molar-refractivity contribution >= 4 is 21.8 Å². The Morgan fingerprint density at radius 1 is 1.32 bits per heavy atom. The van der Waals surface area contributed by atoms with E-state index >= 15 is 0 Å². The molecule has 4 heteroatoms. The molecule has 0 bridgehead atoms. The van der Waals surface area contributed by atoms with Gasteiger partial charge in [0.1, 0.15) is 5.75 Å². The van der Waals surface area contributed by atoms with Crippen molar-refractivity contribution < 1.29 is 9.53 Å². The van der Waals surface area contributed by atoms with E-state index in [0.717, 1.165) is 29.7 Å². The molecule has 120 valence electrons. The zero-order valence-corrected chi connectivity index (χ0v) is 14.8. The third-order valence-electron chi connectivity index (χ3n) is 5.30. The van der Waals surface area contributed by atoms with E-state index in [1.807, 2.05) is 12.1 Å². The lowest BCUT2D eigenvalue weighted by Crippen LogP contribution is -2.31. The Hall–Kier alpha value is -1.03. The highest BCUT2D eigenvalue weighted by Crippen LogP contribution is 2.45. The van der Waals surface area contributed by atoms with Gasteiger partial charge in [0.05, 0.1) is 11.6 Å². The highest BCUT2D eigenvalue weighted by molar-refractivity contribution is 9.10. The van der Waals surface area contributed by atoms with Gasteiger partial charge < -0.3 is 9.64 Å². The summed E-state index contributed by atoms with van der Waals surface area (Å²) in [6, 6.07) is 6.04. The van der Waals surface area contributed by atoms with Crippen molar-refractivity contribution in [3.05, 3.63) is 28.2 Å². The summed E-state index contributed by atoms with van der Waals surface area (Å²) in [6.07, 6.45) is 7.96. The molecular weight excluding hydrogens is 342 g/mol. The van der Waals surface area contributed by atoms with Crippen LogP contribution in [-0.4, -0.2) is 31.0 Å². The van der Waals surface area contributed by atoms with Gasteiger partial charge in [-0.15, -0.1) is 0 Å². The predicted octanol–water partition coefficient (Wildman–Crippen LogP) is 4.18. The molecule has 1 amide bonds. The summed E-state index contributed by atoms with van der Waals surface area (Å²) in [7, 11) is 1.66. The minimum absolute atomic E-state index is 0.315. The first-order valence-electron chi connectivity index (χ1n) is 8.22. The van der Waals surface area contributed by atoms with Gasteiger partial charge in [-0.3, -0.25) is 4.79 Å². The Balaban J connectivity index is 1.53. The number of hydrogen-bond donors (Lipinski definition) is 0. The molecule has 22 heavy (non-hydrogen) atoms. The summed E-state index contributed by atoms with van der Waals surface area (Å²) in [5, 5.41) is 0. The molecule has 0 N–H and O–H groups in total. The Bertz CT molecular complexity index is 552. The number of methoxy groups -OCH3 is 1. The number of amides is 1. The maximum atomic E-state index is 12.5. The molecule has 2 aliphatic rings. The molecule has 1 saturated carbocycles. The largest absolute Gasteiger partial charge is 0.496 e. The molecule has 0 atom stereocenters. The number of aryl methyl sites for hydroxylation is 1. The highest BCUT2D eigenvalue weighted by Gasteiger charge is 2.41. The van der Waals surface area contributed by atoms with Gasteiger partial charge >= 0.3 is 0 Å². The number of halogens is 1. The van der Waals surface area contributed by atoms with E-state index in [1.165, 1.54) is 37.7 Å². The van der Waals surface area contributed by atoms with Crippen LogP contribution < -0.4 is 4.74 Å². The van der Waals surface area contributed by atoms with Crippen molar-refractivity contribution in [1.82, 2.24) is 4.90 Å². The summed E-state index contributed by atoms with van der Waals surface area (Å²) >= 11 is 3.50. The lowest BCUT2D eigenvalue weighted by molar-refractivity contribution is -0.130. The molecular formula is C18H24BrNO2. The maximum absolute atomic E-state index is 12.5. The van der Waals surface area contributed by atoms with Crippen LogP contribution in [0.1, 0.15) is 44.1 Å². The van der Waals surface area contributed by atoms with Crippen LogP contribution >= 0.6 is 15.9 Å². The molecule has 1 aliphatic carbocycles. The fourth-order valence-corrected chi connectivity index (χ4v) is 4.54. The zero-order valence-electron chi connectivity index (χ0n) is 13.2. The van der Waals surface area contributed by atoms with Gasteiger partial charge in [-0.2, -0.15) is 0 Å². The van der Waals surface area contributed by atoms with Crippen LogP contribution in [0.4, 0.5) is 0 Å². The Labute approximate surface area is 141 Å². The number of benzene rings is 1. The first-order chi connectivity index (χ1) is 10.6. The van der Waals surface area contributed by atoms with E-state index in [-0.39, 0.29) is 0 Å². The van der Waals surface area contributed by atoms with Gasteiger partial charge in [0.2, 0.25) is 5.91 Å². The molecule has 0 radical (unpaired) electrons. The molecule has 3 nitrogen and oxygen atoms in total. The fourth-order valence-electron chi connectivity index (χ4n) is 3.96. The zero-order chi connectivity index (χ0) is 15.6. The SMILES string of the molecule is COc1ccc(CCC(=O)N2CCC3(CCCC3)C2)cc1Br. The van der Waals surface area contributed by atoms with Gasteiger partial charge in [-0.25, -0.2) is 0 Å². The maximum Gasteiger partial charge on any atom is 0.222 e. The number of carbonyl (C=O) groups is 1. The van der Waals surface area contributed by atoms with E-state index < -0.39 is 0 Å². The number of likely N-dealkylation sites (tertiary alicyclic amines) is 1. The molecule has 3 rings (SSSR count). The van der Waals surface area contributed by atoms with Crippen LogP contribution in [0.15, 0.2) is 22.7 Å². The van der Waals surface area contributed by atoms with Crippen LogP contribution in [0, 0.1) is 5.41 Å². The van der Waals surface area contributed by atoms with E-state index in [4.69, 9.17) is 4.74 Å². The third-order valence-corrected chi connectivity index (χ3v) is 5.92.